The summed E-state index contributed by atoms with van der Waals surface area (Å²) in [6, 6.07) is 3.21. The average molecular weight is 354 g/mol. The van der Waals surface area contributed by atoms with Crippen LogP contribution in [0.15, 0.2) is 24.5 Å². The van der Waals surface area contributed by atoms with Crippen molar-refractivity contribution in [2.75, 3.05) is 6.51 Å². The summed E-state index contributed by atoms with van der Waals surface area (Å²) in [6.07, 6.45) is 3.48. The minimum absolute atomic E-state index is 0. The number of hydrogen-bond donors (Lipinski definition) is 1. The van der Waals surface area contributed by atoms with Crippen molar-refractivity contribution in [3.63, 3.8) is 0 Å². The summed E-state index contributed by atoms with van der Waals surface area (Å²) in [5.41, 5.74) is 0.505. The van der Waals surface area contributed by atoms with Crippen molar-refractivity contribution in [1.29, 1.82) is 0 Å². The van der Waals surface area contributed by atoms with Gasteiger partial charge in [0.2, 0.25) is 0 Å². The van der Waals surface area contributed by atoms with Gasteiger partial charge in [-0.3, -0.25) is 4.68 Å². The molecule has 2 aromatic rings. The molecule has 2 heterocycles. The summed E-state index contributed by atoms with van der Waals surface area (Å²) < 4.78 is 17.8. The fourth-order valence-corrected chi connectivity index (χ4v) is 2.32. The first kappa shape index (κ1) is 19.6. The minimum Gasteiger partial charge on any atom is -0.545 e. The van der Waals surface area contributed by atoms with Gasteiger partial charge in [-0.15, -0.1) is 0 Å². The maximum absolute atomic E-state index is 11.5. The van der Waals surface area contributed by atoms with Gasteiger partial charge in [-0.2, -0.15) is 5.10 Å². The molecule has 0 fully saturated rings. The number of carbonyl (C=O) groups is 1. The summed E-state index contributed by atoms with van der Waals surface area (Å²) >= 11 is 0. The number of aromatic nitrogens is 2. The van der Waals surface area contributed by atoms with E-state index in [1.54, 1.807) is 10.9 Å². The second kappa shape index (κ2) is 8.14. The van der Waals surface area contributed by atoms with Gasteiger partial charge in [0.25, 0.3) is 0 Å². The number of rotatable bonds is 5. The molecule has 0 saturated carbocycles. The van der Waals surface area contributed by atoms with Crippen LogP contribution < -0.4 is 48.8 Å². The van der Waals surface area contributed by atoms with E-state index >= 15 is 0 Å². The van der Waals surface area contributed by atoms with E-state index < -0.39 is 13.1 Å². The van der Waals surface area contributed by atoms with Gasteiger partial charge in [0.15, 0.2) is 11.5 Å². The SMILES string of the molecule is CC(C)n1cc(COc2ccc3c(c2C(=O)[O-])OB(O)CO3)cn1.[Na+]. The zero-order valence-electron chi connectivity index (χ0n) is 14.3. The molecule has 0 unspecified atom stereocenters. The number of benzene rings is 1. The molecular formula is C15H16BN2NaO6. The van der Waals surface area contributed by atoms with Crippen molar-refractivity contribution >= 4 is 13.1 Å². The summed E-state index contributed by atoms with van der Waals surface area (Å²) in [4.78, 5) is 11.5. The van der Waals surface area contributed by atoms with E-state index in [0.29, 0.717) is 0 Å². The predicted octanol–water partition coefficient (Wildman–Crippen LogP) is -2.80. The maximum Gasteiger partial charge on any atom is 1.00 e. The Morgan fingerprint density at radius 3 is 2.92 bits per heavy atom. The summed E-state index contributed by atoms with van der Waals surface area (Å²) in [5, 5.41) is 25.2. The van der Waals surface area contributed by atoms with Crippen LogP contribution in [0.2, 0.25) is 0 Å². The van der Waals surface area contributed by atoms with Crippen LogP contribution in [0, 0.1) is 0 Å². The number of ether oxygens (including phenoxy) is 2. The van der Waals surface area contributed by atoms with Crippen LogP contribution in [0.5, 0.6) is 17.2 Å². The Morgan fingerprint density at radius 1 is 1.52 bits per heavy atom. The first-order valence-electron chi connectivity index (χ1n) is 7.47. The minimum atomic E-state index is -1.47. The van der Waals surface area contributed by atoms with E-state index in [-0.39, 0.29) is 71.5 Å². The Bertz CT molecular complexity index is 766. The first-order chi connectivity index (χ1) is 11.5. The Labute approximate surface area is 167 Å². The maximum atomic E-state index is 11.5. The number of aromatic carboxylic acids is 1. The van der Waals surface area contributed by atoms with Gasteiger partial charge >= 0.3 is 36.7 Å². The summed E-state index contributed by atoms with van der Waals surface area (Å²) in [5.74, 6) is -1.27. The first-order valence-corrected chi connectivity index (χ1v) is 7.47. The van der Waals surface area contributed by atoms with Crippen molar-refractivity contribution in [3.8, 4) is 17.2 Å². The van der Waals surface area contributed by atoms with Crippen LogP contribution in [-0.2, 0) is 6.61 Å². The third-order valence-corrected chi connectivity index (χ3v) is 3.50. The number of carbonyl (C=O) groups excluding carboxylic acids is 1. The van der Waals surface area contributed by atoms with Gasteiger partial charge in [0.05, 0.1) is 17.7 Å². The molecule has 0 spiro atoms. The van der Waals surface area contributed by atoms with Crippen molar-refractivity contribution < 1.29 is 58.6 Å². The Morgan fingerprint density at radius 2 is 2.28 bits per heavy atom. The van der Waals surface area contributed by atoms with E-state index in [0.717, 1.165) is 5.56 Å². The van der Waals surface area contributed by atoms with Gasteiger partial charge in [0.1, 0.15) is 18.9 Å². The monoisotopic (exact) mass is 354 g/mol. The van der Waals surface area contributed by atoms with Crippen molar-refractivity contribution in [2.24, 2.45) is 0 Å². The Hall–Kier alpha value is -1.68. The summed E-state index contributed by atoms with van der Waals surface area (Å²) in [6.45, 7) is 4.05. The van der Waals surface area contributed by atoms with Crippen LogP contribution in [0.25, 0.3) is 0 Å². The van der Waals surface area contributed by atoms with Crippen LogP contribution >= 0.6 is 0 Å². The third kappa shape index (κ3) is 4.30. The van der Waals surface area contributed by atoms with E-state index in [4.69, 9.17) is 14.1 Å². The second-order valence-electron chi connectivity index (χ2n) is 5.65. The van der Waals surface area contributed by atoms with Crippen molar-refractivity contribution in [2.45, 2.75) is 26.5 Å². The van der Waals surface area contributed by atoms with Gasteiger partial charge < -0.3 is 29.1 Å². The van der Waals surface area contributed by atoms with Crippen LogP contribution in [-0.4, -0.2) is 34.4 Å². The van der Waals surface area contributed by atoms with E-state index in [2.05, 4.69) is 5.10 Å². The molecule has 0 aliphatic carbocycles. The molecule has 0 radical (unpaired) electrons. The smallest absolute Gasteiger partial charge is 0.545 e. The van der Waals surface area contributed by atoms with Gasteiger partial charge in [-0.05, 0) is 26.0 Å². The fraction of sp³-hybridized carbons (Fsp3) is 0.333. The normalized spacial score (nSPS) is 12.7. The number of nitrogens with zero attached hydrogens (tertiary/aromatic N) is 2. The molecule has 10 heteroatoms. The predicted molar refractivity (Wildman–Crippen MR) is 81.8 cm³/mol. The van der Waals surface area contributed by atoms with Gasteiger partial charge in [-0.25, -0.2) is 0 Å². The molecule has 0 saturated heterocycles. The van der Waals surface area contributed by atoms with Crippen LogP contribution in [0.4, 0.5) is 0 Å². The van der Waals surface area contributed by atoms with Crippen LogP contribution in [0.3, 0.4) is 0 Å². The number of fused-ring (bicyclic) bond motifs is 1. The number of carboxylic acid groups (broad SMARTS) is 1. The van der Waals surface area contributed by atoms with Crippen molar-refractivity contribution in [3.05, 3.63) is 35.7 Å². The molecule has 1 N–H and O–H groups in total. The molecule has 8 nitrogen and oxygen atoms in total. The van der Waals surface area contributed by atoms with Gasteiger partial charge in [-0.1, -0.05) is 0 Å². The van der Waals surface area contributed by atoms with E-state index in [1.165, 1.54) is 12.1 Å². The zero-order valence-corrected chi connectivity index (χ0v) is 16.3. The van der Waals surface area contributed by atoms with E-state index in [9.17, 15) is 14.9 Å². The topological polar surface area (TPSA) is 106 Å². The standard InChI is InChI=1S/C15H17BN2O6.Na/c1-9(2)18-6-10(5-17-18)7-22-11-3-4-12-14(13(11)15(19)20)24-16(21)8-23-12;/h3-6,9,21H,7-8H2,1-2H3,(H,19,20);/q;+1/p-1. The molecule has 1 aliphatic heterocycles. The molecule has 1 aliphatic rings. The quantitative estimate of drug-likeness (QED) is 0.579. The van der Waals surface area contributed by atoms with Crippen LogP contribution in [0.1, 0.15) is 35.8 Å². The molecular weight excluding hydrogens is 338 g/mol. The Balaban J connectivity index is 0.00000225. The molecule has 126 valence electrons. The molecule has 0 bridgehead atoms. The number of carboxylic acids is 1. The number of hydrogen-bond acceptors (Lipinski definition) is 7. The molecule has 1 aromatic heterocycles. The molecule has 1 aromatic carbocycles. The zero-order chi connectivity index (χ0) is 17.3. The largest absolute Gasteiger partial charge is 1.00 e. The molecule has 0 atom stereocenters. The second-order valence-corrected chi connectivity index (χ2v) is 5.65. The molecule has 3 rings (SSSR count). The Kier molecular flexibility index (Phi) is 6.39. The fourth-order valence-electron chi connectivity index (χ4n) is 2.32. The molecule has 0 amide bonds. The average Bonchev–Trinajstić information content (AvgIpc) is 3.01. The summed E-state index contributed by atoms with van der Waals surface area (Å²) in [7, 11) is -1.24. The third-order valence-electron chi connectivity index (χ3n) is 3.50. The van der Waals surface area contributed by atoms with Crippen molar-refractivity contribution in [1.82, 2.24) is 9.78 Å². The van der Waals surface area contributed by atoms with Gasteiger partial charge in [0, 0.05) is 17.8 Å². The van der Waals surface area contributed by atoms with E-state index in [1.807, 2.05) is 20.0 Å². The molecule has 25 heavy (non-hydrogen) atoms.